The summed E-state index contributed by atoms with van der Waals surface area (Å²) in [6, 6.07) is 7.51. The quantitative estimate of drug-likeness (QED) is 0.562. The number of hydrogen-bond acceptors (Lipinski definition) is 3. The van der Waals surface area contributed by atoms with Crippen molar-refractivity contribution in [2.45, 2.75) is 76.0 Å². The van der Waals surface area contributed by atoms with Crippen molar-refractivity contribution in [1.29, 1.82) is 0 Å². The minimum atomic E-state index is 0.309. The summed E-state index contributed by atoms with van der Waals surface area (Å²) >= 11 is 1.52. The van der Waals surface area contributed by atoms with Crippen LogP contribution in [0, 0.1) is 13.8 Å². The first kappa shape index (κ1) is 19.7. The first-order valence-electron chi connectivity index (χ1n) is 9.30. The molecule has 0 atom stereocenters. The minimum Gasteiger partial charge on any atom is -0.507 e. The molecule has 2 N–H and O–H groups in total. The number of unbranched alkanes of at least 4 members (excludes halogenated alkanes) is 2. The lowest BCUT2D eigenvalue weighted by Crippen LogP contribution is -1.97. The predicted octanol–water partition coefficient (Wildman–Crippen LogP) is 6.55. The zero-order valence-electron chi connectivity index (χ0n) is 15.9. The fourth-order valence-electron chi connectivity index (χ4n) is 3.09. The molecule has 0 unspecified atom stereocenters. The summed E-state index contributed by atoms with van der Waals surface area (Å²) in [5, 5.41) is 21.0. The molecular formula is C22H30O2S. The van der Waals surface area contributed by atoms with Gasteiger partial charge in [0.2, 0.25) is 0 Å². The normalized spacial score (nSPS) is 11.0. The molecule has 0 bridgehead atoms. The van der Waals surface area contributed by atoms with Crippen LogP contribution in [0.15, 0.2) is 34.1 Å². The van der Waals surface area contributed by atoms with Crippen LogP contribution in [0.1, 0.15) is 61.8 Å². The van der Waals surface area contributed by atoms with Gasteiger partial charge in [0.15, 0.2) is 0 Å². The number of phenols is 2. The van der Waals surface area contributed by atoms with E-state index in [1.807, 2.05) is 12.1 Å². The van der Waals surface area contributed by atoms with E-state index in [0.717, 1.165) is 48.3 Å². The third-order valence-electron chi connectivity index (χ3n) is 4.71. The molecule has 25 heavy (non-hydrogen) atoms. The summed E-state index contributed by atoms with van der Waals surface area (Å²) < 4.78 is 0. The summed E-state index contributed by atoms with van der Waals surface area (Å²) in [6.07, 6.45) is 6.35. The van der Waals surface area contributed by atoms with E-state index in [9.17, 15) is 10.2 Å². The Hall–Kier alpha value is -1.61. The molecule has 0 fully saturated rings. The van der Waals surface area contributed by atoms with Crippen LogP contribution in [-0.4, -0.2) is 10.2 Å². The number of phenolic OH excluding ortho intramolecular Hbond substituents is 2. The van der Waals surface area contributed by atoms with Crippen molar-refractivity contribution in [2.75, 3.05) is 0 Å². The lowest BCUT2D eigenvalue weighted by molar-refractivity contribution is 0.457. The smallest absolute Gasteiger partial charge is 0.129 e. The van der Waals surface area contributed by atoms with Gasteiger partial charge in [0.1, 0.15) is 11.5 Å². The largest absolute Gasteiger partial charge is 0.507 e. The Labute approximate surface area is 156 Å². The van der Waals surface area contributed by atoms with Crippen LogP contribution in [-0.2, 0) is 12.8 Å². The molecule has 2 aromatic carbocycles. The van der Waals surface area contributed by atoms with Gasteiger partial charge in [-0.15, -0.1) is 0 Å². The number of rotatable bonds is 8. The second-order valence-electron chi connectivity index (χ2n) is 6.73. The second-order valence-corrected chi connectivity index (χ2v) is 7.75. The van der Waals surface area contributed by atoms with Gasteiger partial charge in [-0.05, 0) is 73.9 Å². The Kier molecular flexibility index (Phi) is 7.24. The Morgan fingerprint density at radius 3 is 1.48 bits per heavy atom. The van der Waals surface area contributed by atoms with Crippen LogP contribution in [0.4, 0.5) is 0 Å². The van der Waals surface area contributed by atoms with E-state index >= 15 is 0 Å². The Morgan fingerprint density at radius 2 is 1.12 bits per heavy atom. The summed E-state index contributed by atoms with van der Waals surface area (Å²) in [6.45, 7) is 8.56. The molecule has 0 aliphatic carbocycles. The molecule has 2 aromatic rings. The minimum absolute atomic E-state index is 0.309. The number of aromatic hydroxyl groups is 2. The molecule has 0 saturated heterocycles. The molecule has 0 aromatic heterocycles. The highest BCUT2D eigenvalue weighted by Crippen LogP contribution is 2.45. The number of aryl methyl sites for hydroxylation is 2. The molecule has 0 heterocycles. The van der Waals surface area contributed by atoms with E-state index in [1.54, 1.807) is 12.1 Å². The van der Waals surface area contributed by atoms with Crippen LogP contribution in [0.3, 0.4) is 0 Å². The first-order chi connectivity index (χ1) is 12.0. The summed E-state index contributed by atoms with van der Waals surface area (Å²) in [4.78, 5) is 1.79. The first-order valence-corrected chi connectivity index (χ1v) is 10.1. The molecular weight excluding hydrogens is 328 g/mol. The Morgan fingerprint density at radius 1 is 0.720 bits per heavy atom. The molecule has 3 heteroatoms. The van der Waals surface area contributed by atoms with Gasteiger partial charge >= 0.3 is 0 Å². The van der Waals surface area contributed by atoms with Gasteiger partial charge in [-0.2, -0.15) is 0 Å². The summed E-state index contributed by atoms with van der Waals surface area (Å²) in [7, 11) is 0. The van der Waals surface area contributed by atoms with E-state index in [1.165, 1.54) is 34.0 Å². The molecule has 0 saturated carbocycles. The SMILES string of the molecule is CCCCc1c(C)ccc(O)c1Sc1c(O)ccc(C)c1CCCC. The molecule has 0 radical (unpaired) electrons. The van der Waals surface area contributed by atoms with Crippen molar-refractivity contribution in [2.24, 2.45) is 0 Å². The number of benzene rings is 2. The van der Waals surface area contributed by atoms with Gasteiger partial charge in [0, 0.05) is 0 Å². The van der Waals surface area contributed by atoms with Crippen molar-refractivity contribution in [3.8, 4) is 11.5 Å². The molecule has 0 amide bonds. The van der Waals surface area contributed by atoms with Gasteiger partial charge in [0.05, 0.1) is 9.79 Å². The van der Waals surface area contributed by atoms with E-state index < -0.39 is 0 Å². The van der Waals surface area contributed by atoms with E-state index in [2.05, 4.69) is 27.7 Å². The number of hydrogen-bond donors (Lipinski definition) is 2. The van der Waals surface area contributed by atoms with E-state index in [0.29, 0.717) is 11.5 Å². The van der Waals surface area contributed by atoms with Crippen molar-refractivity contribution in [3.05, 3.63) is 46.5 Å². The van der Waals surface area contributed by atoms with Crippen LogP contribution in [0.5, 0.6) is 11.5 Å². The topological polar surface area (TPSA) is 40.5 Å². The van der Waals surface area contributed by atoms with E-state index in [4.69, 9.17) is 0 Å². The van der Waals surface area contributed by atoms with Crippen LogP contribution in [0.25, 0.3) is 0 Å². The monoisotopic (exact) mass is 358 g/mol. The summed E-state index contributed by atoms with van der Waals surface area (Å²) in [5.74, 6) is 0.619. The molecule has 0 aliphatic rings. The molecule has 0 spiro atoms. The Bertz CT molecular complexity index is 661. The molecule has 2 rings (SSSR count). The molecule has 0 aliphatic heterocycles. The average Bonchev–Trinajstić information content (AvgIpc) is 2.60. The maximum absolute atomic E-state index is 10.5. The summed E-state index contributed by atoms with van der Waals surface area (Å²) in [5.41, 5.74) is 4.82. The zero-order chi connectivity index (χ0) is 18.4. The highest BCUT2D eigenvalue weighted by atomic mass is 32.2. The standard InChI is InChI=1S/C22H30O2S/c1-5-7-9-17-15(3)11-13-19(23)21(17)25-22-18(10-8-6-2)16(4)12-14-20(22)24/h11-14,23-24H,5-10H2,1-4H3. The average molecular weight is 359 g/mol. The highest BCUT2D eigenvalue weighted by molar-refractivity contribution is 7.99. The fourth-order valence-corrected chi connectivity index (χ4v) is 4.41. The predicted molar refractivity (Wildman–Crippen MR) is 107 cm³/mol. The van der Waals surface area contributed by atoms with Crippen LogP contribution in [0.2, 0.25) is 0 Å². The fraction of sp³-hybridized carbons (Fsp3) is 0.455. The zero-order valence-corrected chi connectivity index (χ0v) is 16.7. The van der Waals surface area contributed by atoms with Gasteiger partial charge in [0.25, 0.3) is 0 Å². The third-order valence-corrected chi connectivity index (χ3v) is 6.03. The van der Waals surface area contributed by atoms with Crippen molar-refractivity contribution >= 4 is 11.8 Å². The highest BCUT2D eigenvalue weighted by Gasteiger charge is 2.18. The van der Waals surface area contributed by atoms with Crippen LogP contribution < -0.4 is 0 Å². The molecule has 136 valence electrons. The van der Waals surface area contributed by atoms with Crippen molar-refractivity contribution in [1.82, 2.24) is 0 Å². The van der Waals surface area contributed by atoms with Crippen molar-refractivity contribution < 1.29 is 10.2 Å². The van der Waals surface area contributed by atoms with Gasteiger partial charge in [-0.1, -0.05) is 50.6 Å². The van der Waals surface area contributed by atoms with Gasteiger partial charge in [-0.3, -0.25) is 0 Å². The second kappa shape index (κ2) is 9.19. The Balaban J connectivity index is 2.49. The van der Waals surface area contributed by atoms with Gasteiger partial charge in [-0.25, -0.2) is 0 Å². The maximum Gasteiger partial charge on any atom is 0.129 e. The lowest BCUT2D eigenvalue weighted by Gasteiger charge is -2.18. The van der Waals surface area contributed by atoms with Crippen LogP contribution >= 0.6 is 11.8 Å². The van der Waals surface area contributed by atoms with E-state index in [-0.39, 0.29) is 0 Å². The van der Waals surface area contributed by atoms with Crippen molar-refractivity contribution in [3.63, 3.8) is 0 Å². The molecule has 2 nitrogen and oxygen atoms in total. The maximum atomic E-state index is 10.5. The lowest BCUT2D eigenvalue weighted by atomic mass is 10.0. The van der Waals surface area contributed by atoms with Gasteiger partial charge < -0.3 is 10.2 Å². The third kappa shape index (κ3) is 4.72.